The van der Waals surface area contributed by atoms with Crippen molar-refractivity contribution in [3.05, 3.63) is 102 Å². The third-order valence-corrected chi connectivity index (χ3v) is 6.58. The van der Waals surface area contributed by atoms with Gasteiger partial charge >= 0.3 is 6.18 Å². The number of hydrogen-bond donors (Lipinski definition) is 1. The third-order valence-electron chi connectivity index (χ3n) is 6.58. The van der Waals surface area contributed by atoms with Crippen molar-refractivity contribution < 1.29 is 13.2 Å². The highest BCUT2D eigenvalue weighted by atomic mass is 19.4. The van der Waals surface area contributed by atoms with Crippen molar-refractivity contribution in [1.82, 2.24) is 14.9 Å². The molecule has 6 heteroatoms. The summed E-state index contributed by atoms with van der Waals surface area (Å²) >= 11 is 0. The van der Waals surface area contributed by atoms with Gasteiger partial charge < -0.3 is 4.98 Å². The monoisotopic (exact) mass is 461 g/mol. The molecule has 0 aliphatic carbocycles. The minimum absolute atomic E-state index is 0.340. The molecule has 3 heterocycles. The van der Waals surface area contributed by atoms with Crippen molar-refractivity contribution in [2.24, 2.45) is 0 Å². The molecule has 0 atom stereocenters. The van der Waals surface area contributed by atoms with Crippen LogP contribution in [0.15, 0.2) is 85.2 Å². The molecule has 0 bridgehead atoms. The molecule has 0 amide bonds. The Bertz CT molecular complexity index is 1220. The van der Waals surface area contributed by atoms with E-state index in [9.17, 15) is 13.2 Å². The number of alkyl halides is 3. The largest absolute Gasteiger partial charge is 0.416 e. The van der Waals surface area contributed by atoms with Crippen LogP contribution >= 0.6 is 0 Å². The van der Waals surface area contributed by atoms with E-state index in [4.69, 9.17) is 0 Å². The molecule has 174 valence electrons. The van der Waals surface area contributed by atoms with Crippen LogP contribution in [0.1, 0.15) is 35.6 Å². The van der Waals surface area contributed by atoms with E-state index in [1.807, 2.05) is 18.2 Å². The summed E-state index contributed by atoms with van der Waals surface area (Å²) in [7, 11) is 0. The number of halogens is 3. The number of rotatable bonds is 5. The van der Waals surface area contributed by atoms with Crippen LogP contribution in [0.4, 0.5) is 13.2 Å². The Morgan fingerprint density at radius 2 is 1.59 bits per heavy atom. The van der Waals surface area contributed by atoms with Gasteiger partial charge in [-0.2, -0.15) is 13.2 Å². The van der Waals surface area contributed by atoms with Crippen LogP contribution in [-0.2, 0) is 12.7 Å². The maximum atomic E-state index is 13.4. The molecule has 0 saturated carbocycles. The van der Waals surface area contributed by atoms with E-state index in [2.05, 4.69) is 45.2 Å². The molecule has 3 nitrogen and oxygen atoms in total. The SMILES string of the molecule is FC(F)(F)c1cccc(-c2[nH]c(C3CCN(Cc4ccccc4)CC3)cc2-c2ccncc2)c1. The van der Waals surface area contributed by atoms with Gasteiger partial charge in [0.15, 0.2) is 0 Å². The summed E-state index contributed by atoms with van der Waals surface area (Å²) < 4.78 is 40.1. The Hall–Kier alpha value is -3.38. The van der Waals surface area contributed by atoms with Crippen LogP contribution in [0.3, 0.4) is 0 Å². The quantitative estimate of drug-likeness (QED) is 0.342. The zero-order valence-electron chi connectivity index (χ0n) is 18.7. The fourth-order valence-corrected chi connectivity index (χ4v) is 4.78. The number of aromatic amines is 1. The number of nitrogens with one attached hydrogen (secondary N) is 1. The van der Waals surface area contributed by atoms with Gasteiger partial charge in [-0.3, -0.25) is 9.88 Å². The van der Waals surface area contributed by atoms with Crippen LogP contribution in [0.25, 0.3) is 22.4 Å². The van der Waals surface area contributed by atoms with Crippen molar-refractivity contribution in [3.63, 3.8) is 0 Å². The molecule has 1 saturated heterocycles. The lowest BCUT2D eigenvalue weighted by molar-refractivity contribution is -0.137. The highest BCUT2D eigenvalue weighted by Crippen LogP contribution is 2.39. The molecule has 2 aromatic heterocycles. The lowest BCUT2D eigenvalue weighted by Crippen LogP contribution is -2.32. The first-order valence-corrected chi connectivity index (χ1v) is 11.5. The number of nitrogens with zero attached hydrogens (tertiary/aromatic N) is 2. The van der Waals surface area contributed by atoms with E-state index in [0.29, 0.717) is 11.5 Å². The standard InChI is InChI=1S/C28H26F3N3/c29-28(30,31)24-8-4-7-23(17-24)27-25(21-9-13-32-14-10-21)18-26(33-27)22-11-15-34(16-12-22)19-20-5-2-1-3-6-20/h1-10,13-14,17-18,22,33H,11-12,15-16,19H2. The minimum Gasteiger partial charge on any atom is -0.358 e. The van der Waals surface area contributed by atoms with Gasteiger partial charge in [0.05, 0.1) is 11.3 Å². The Morgan fingerprint density at radius 3 is 2.29 bits per heavy atom. The second-order valence-corrected chi connectivity index (χ2v) is 8.86. The highest BCUT2D eigenvalue weighted by molar-refractivity contribution is 5.82. The van der Waals surface area contributed by atoms with Gasteiger partial charge in [0.2, 0.25) is 0 Å². The zero-order valence-corrected chi connectivity index (χ0v) is 18.7. The fourth-order valence-electron chi connectivity index (χ4n) is 4.78. The first-order valence-electron chi connectivity index (χ1n) is 11.5. The minimum atomic E-state index is -4.38. The average molecular weight is 462 g/mol. The highest BCUT2D eigenvalue weighted by Gasteiger charge is 2.31. The Kier molecular flexibility index (Phi) is 6.24. The van der Waals surface area contributed by atoms with E-state index in [1.54, 1.807) is 18.5 Å². The maximum absolute atomic E-state index is 13.4. The second kappa shape index (κ2) is 9.47. The van der Waals surface area contributed by atoms with Crippen molar-refractivity contribution in [1.29, 1.82) is 0 Å². The first-order chi connectivity index (χ1) is 16.5. The van der Waals surface area contributed by atoms with Gasteiger partial charge in [-0.15, -0.1) is 0 Å². The third kappa shape index (κ3) is 4.92. The number of benzene rings is 2. The summed E-state index contributed by atoms with van der Waals surface area (Å²) in [5.74, 6) is 0.340. The molecule has 1 aliphatic heterocycles. The van der Waals surface area contributed by atoms with Gasteiger partial charge in [0.25, 0.3) is 0 Å². The number of H-pyrrole nitrogens is 1. The van der Waals surface area contributed by atoms with Crippen molar-refractivity contribution in [2.75, 3.05) is 13.1 Å². The van der Waals surface area contributed by atoms with E-state index >= 15 is 0 Å². The summed E-state index contributed by atoms with van der Waals surface area (Å²) in [6, 6.07) is 21.9. The Balaban J connectivity index is 1.42. The fraction of sp³-hybridized carbons (Fsp3) is 0.250. The smallest absolute Gasteiger partial charge is 0.358 e. The van der Waals surface area contributed by atoms with Gasteiger partial charge in [0.1, 0.15) is 0 Å². The molecule has 0 unspecified atom stereocenters. The number of likely N-dealkylation sites (tertiary alicyclic amines) is 1. The summed E-state index contributed by atoms with van der Waals surface area (Å²) in [4.78, 5) is 10.1. The zero-order chi connectivity index (χ0) is 23.5. The molecule has 5 rings (SSSR count). The molecule has 4 aromatic rings. The van der Waals surface area contributed by atoms with E-state index in [1.165, 1.54) is 17.7 Å². The number of hydrogen-bond acceptors (Lipinski definition) is 2. The van der Waals surface area contributed by atoms with Crippen LogP contribution in [0.2, 0.25) is 0 Å². The summed E-state index contributed by atoms with van der Waals surface area (Å²) in [5.41, 5.74) is 4.85. The van der Waals surface area contributed by atoms with Gasteiger partial charge in [-0.1, -0.05) is 42.5 Å². The Morgan fingerprint density at radius 1 is 0.853 bits per heavy atom. The van der Waals surface area contributed by atoms with E-state index in [0.717, 1.165) is 61.1 Å². The van der Waals surface area contributed by atoms with E-state index < -0.39 is 11.7 Å². The molecular weight excluding hydrogens is 435 g/mol. The van der Waals surface area contributed by atoms with Crippen LogP contribution in [0, 0.1) is 0 Å². The van der Waals surface area contributed by atoms with Gasteiger partial charge in [-0.25, -0.2) is 0 Å². The first kappa shape index (κ1) is 22.4. The van der Waals surface area contributed by atoms with Gasteiger partial charge in [-0.05, 0) is 73.0 Å². The summed E-state index contributed by atoms with van der Waals surface area (Å²) in [6.07, 6.45) is 1.05. The summed E-state index contributed by atoms with van der Waals surface area (Å²) in [6.45, 7) is 2.92. The second-order valence-electron chi connectivity index (χ2n) is 8.86. The maximum Gasteiger partial charge on any atom is 0.416 e. The lowest BCUT2D eigenvalue weighted by Gasteiger charge is -2.31. The molecule has 0 radical (unpaired) electrons. The lowest BCUT2D eigenvalue weighted by atomic mass is 9.92. The molecule has 1 aliphatic rings. The van der Waals surface area contributed by atoms with Crippen LogP contribution < -0.4 is 0 Å². The normalized spacial score (nSPS) is 15.5. The molecule has 34 heavy (non-hydrogen) atoms. The number of aromatic nitrogens is 2. The molecule has 0 spiro atoms. The van der Waals surface area contributed by atoms with Crippen molar-refractivity contribution in [2.45, 2.75) is 31.5 Å². The predicted octanol–water partition coefficient (Wildman–Crippen LogP) is 7.14. The topological polar surface area (TPSA) is 31.9 Å². The van der Waals surface area contributed by atoms with Gasteiger partial charge in [0, 0.05) is 36.1 Å². The Labute approximate surface area is 197 Å². The van der Waals surface area contributed by atoms with Crippen LogP contribution in [-0.4, -0.2) is 28.0 Å². The van der Waals surface area contributed by atoms with Crippen molar-refractivity contribution in [3.8, 4) is 22.4 Å². The molecule has 1 N–H and O–H groups in total. The number of piperidine rings is 1. The number of pyridine rings is 1. The van der Waals surface area contributed by atoms with Crippen molar-refractivity contribution >= 4 is 0 Å². The molecular formula is C28H26F3N3. The molecule has 2 aromatic carbocycles. The molecule has 1 fully saturated rings. The average Bonchev–Trinajstić information content (AvgIpc) is 3.31. The summed E-state index contributed by atoms with van der Waals surface area (Å²) in [5, 5.41) is 0. The van der Waals surface area contributed by atoms with Crippen LogP contribution in [0.5, 0.6) is 0 Å². The predicted molar refractivity (Wildman–Crippen MR) is 128 cm³/mol. The van der Waals surface area contributed by atoms with E-state index in [-0.39, 0.29) is 0 Å².